The van der Waals surface area contributed by atoms with Crippen LogP contribution in [0.2, 0.25) is 0 Å². The number of hydrogen-bond donors (Lipinski definition) is 2. The number of nitrogens with one attached hydrogen (secondary N) is 2. The van der Waals surface area contributed by atoms with Crippen molar-refractivity contribution in [1.82, 2.24) is 14.3 Å². The van der Waals surface area contributed by atoms with Gasteiger partial charge >= 0.3 is 0 Å². The summed E-state index contributed by atoms with van der Waals surface area (Å²) >= 11 is 1.59. The first-order chi connectivity index (χ1) is 8.63. The van der Waals surface area contributed by atoms with Crippen molar-refractivity contribution in [2.45, 2.75) is 19.4 Å². The summed E-state index contributed by atoms with van der Waals surface area (Å²) in [7, 11) is -3.37. The van der Waals surface area contributed by atoms with E-state index in [1.807, 2.05) is 24.4 Å². The Balaban J connectivity index is 2.06. The molecule has 1 aliphatic heterocycles. The summed E-state index contributed by atoms with van der Waals surface area (Å²) in [6.07, 6.45) is 0.756. The van der Waals surface area contributed by atoms with Crippen molar-refractivity contribution < 1.29 is 8.42 Å². The molecular formula is C11H19N3O2S2. The number of nitrogens with zero attached hydrogens (tertiary/aromatic N) is 1. The molecule has 0 spiro atoms. The van der Waals surface area contributed by atoms with Gasteiger partial charge in [0.25, 0.3) is 10.2 Å². The lowest BCUT2D eigenvalue weighted by Gasteiger charge is -2.28. The standard InChI is InChI=1S/C11H19N3O2S2/c1-2-10(11-4-3-9-17-11)13-18(15,16)14-7-5-12-6-8-14/h3-4,9-10,12-13H,2,5-8H2,1H3. The van der Waals surface area contributed by atoms with Crippen LogP contribution in [-0.2, 0) is 10.2 Å². The molecular weight excluding hydrogens is 270 g/mol. The molecule has 0 aliphatic carbocycles. The Morgan fingerprint density at radius 1 is 1.50 bits per heavy atom. The molecule has 1 fully saturated rings. The van der Waals surface area contributed by atoms with Crippen molar-refractivity contribution in [3.05, 3.63) is 22.4 Å². The normalized spacial score (nSPS) is 19.8. The number of rotatable bonds is 5. The van der Waals surface area contributed by atoms with Crippen molar-refractivity contribution in [2.24, 2.45) is 0 Å². The Kier molecular flexibility index (Phi) is 4.74. The van der Waals surface area contributed by atoms with E-state index in [4.69, 9.17) is 0 Å². The van der Waals surface area contributed by atoms with Crippen LogP contribution in [0.15, 0.2) is 17.5 Å². The first kappa shape index (κ1) is 14.0. The molecule has 2 rings (SSSR count). The Labute approximate surface area is 112 Å². The maximum absolute atomic E-state index is 12.2. The van der Waals surface area contributed by atoms with Crippen molar-refractivity contribution in [2.75, 3.05) is 26.2 Å². The molecule has 5 nitrogen and oxygen atoms in total. The highest BCUT2D eigenvalue weighted by Crippen LogP contribution is 2.23. The van der Waals surface area contributed by atoms with E-state index in [1.165, 1.54) is 4.31 Å². The van der Waals surface area contributed by atoms with Crippen LogP contribution in [0.25, 0.3) is 0 Å². The lowest BCUT2D eigenvalue weighted by molar-refractivity contribution is 0.351. The first-order valence-electron chi connectivity index (χ1n) is 6.15. The molecule has 7 heteroatoms. The third kappa shape index (κ3) is 3.30. The maximum atomic E-state index is 12.2. The molecule has 102 valence electrons. The molecule has 0 saturated carbocycles. The number of piperazine rings is 1. The van der Waals surface area contributed by atoms with Gasteiger partial charge in [-0.15, -0.1) is 11.3 Å². The van der Waals surface area contributed by atoms with Gasteiger partial charge in [0.05, 0.1) is 6.04 Å². The van der Waals surface area contributed by atoms with Crippen LogP contribution >= 0.6 is 11.3 Å². The van der Waals surface area contributed by atoms with E-state index < -0.39 is 10.2 Å². The van der Waals surface area contributed by atoms with Gasteiger partial charge in [0.15, 0.2) is 0 Å². The summed E-state index contributed by atoms with van der Waals surface area (Å²) in [5.74, 6) is 0. The zero-order valence-corrected chi connectivity index (χ0v) is 12.1. The van der Waals surface area contributed by atoms with E-state index in [9.17, 15) is 8.42 Å². The van der Waals surface area contributed by atoms with Crippen LogP contribution < -0.4 is 10.0 Å². The van der Waals surface area contributed by atoms with E-state index in [-0.39, 0.29) is 6.04 Å². The minimum Gasteiger partial charge on any atom is -0.314 e. The van der Waals surface area contributed by atoms with E-state index in [1.54, 1.807) is 11.3 Å². The zero-order chi connectivity index (χ0) is 13.0. The van der Waals surface area contributed by atoms with Gasteiger partial charge in [-0.25, -0.2) is 0 Å². The molecule has 0 aromatic carbocycles. The molecule has 1 unspecified atom stereocenters. The fourth-order valence-electron chi connectivity index (χ4n) is 1.97. The third-order valence-electron chi connectivity index (χ3n) is 3.00. The van der Waals surface area contributed by atoms with E-state index in [0.717, 1.165) is 24.4 Å². The van der Waals surface area contributed by atoms with Gasteiger partial charge in [-0.3, -0.25) is 0 Å². The van der Waals surface area contributed by atoms with Gasteiger partial charge in [-0.1, -0.05) is 13.0 Å². The highest BCUT2D eigenvalue weighted by atomic mass is 32.2. The lowest BCUT2D eigenvalue weighted by atomic mass is 10.2. The molecule has 1 aromatic rings. The Morgan fingerprint density at radius 2 is 2.22 bits per heavy atom. The molecule has 0 bridgehead atoms. The van der Waals surface area contributed by atoms with Gasteiger partial charge in [0, 0.05) is 31.1 Å². The van der Waals surface area contributed by atoms with E-state index in [2.05, 4.69) is 10.0 Å². The second-order valence-electron chi connectivity index (χ2n) is 4.25. The van der Waals surface area contributed by atoms with Crippen molar-refractivity contribution in [1.29, 1.82) is 0 Å². The van der Waals surface area contributed by atoms with Gasteiger partial charge < -0.3 is 5.32 Å². The quantitative estimate of drug-likeness (QED) is 0.848. The Morgan fingerprint density at radius 3 is 2.78 bits per heavy atom. The van der Waals surface area contributed by atoms with Crippen LogP contribution in [0.1, 0.15) is 24.3 Å². The molecule has 0 radical (unpaired) electrons. The predicted octanol–water partition coefficient (Wildman–Crippen LogP) is 0.939. The number of thiophene rings is 1. The third-order valence-corrected chi connectivity index (χ3v) is 5.62. The SMILES string of the molecule is CCC(NS(=O)(=O)N1CCNCC1)c1cccs1. The second kappa shape index (κ2) is 6.12. The molecule has 1 atom stereocenters. The van der Waals surface area contributed by atoms with E-state index in [0.29, 0.717) is 13.1 Å². The zero-order valence-electron chi connectivity index (χ0n) is 10.4. The monoisotopic (exact) mass is 289 g/mol. The predicted molar refractivity (Wildman–Crippen MR) is 73.8 cm³/mol. The summed E-state index contributed by atoms with van der Waals surface area (Å²) in [4.78, 5) is 1.07. The summed E-state index contributed by atoms with van der Waals surface area (Å²) in [5.41, 5.74) is 0. The molecule has 2 heterocycles. The average molecular weight is 289 g/mol. The molecule has 1 saturated heterocycles. The lowest BCUT2D eigenvalue weighted by Crippen LogP contribution is -2.50. The van der Waals surface area contributed by atoms with Crippen LogP contribution in [0.5, 0.6) is 0 Å². The summed E-state index contributed by atoms with van der Waals surface area (Å²) in [5, 5.41) is 5.12. The molecule has 2 N–H and O–H groups in total. The van der Waals surface area contributed by atoms with Gasteiger partial charge in [-0.2, -0.15) is 17.4 Å². The van der Waals surface area contributed by atoms with Crippen molar-refractivity contribution in [3.8, 4) is 0 Å². The van der Waals surface area contributed by atoms with Crippen molar-refractivity contribution >= 4 is 21.5 Å². The fourth-order valence-corrected chi connectivity index (χ4v) is 4.37. The largest absolute Gasteiger partial charge is 0.314 e. The fraction of sp³-hybridized carbons (Fsp3) is 0.636. The second-order valence-corrected chi connectivity index (χ2v) is 6.93. The van der Waals surface area contributed by atoms with E-state index >= 15 is 0 Å². The molecule has 1 aliphatic rings. The molecule has 18 heavy (non-hydrogen) atoms. The highest BCUT2D eigenvalue weighted by Gasteiger charge is 2.26. The average Bonchev–Trinajstić information content (AvgIpc) is 2.91. The molecule has 1 aromatic heterocycles. The van der Waals surface area contributed by atoms with Crippen LogP contribution in [0.4, 0.5) is 0 Å². The van der Waals surface area contributed by atoms with Crippen LogP contribution in [-0.4, -0.2) is 38.9 Å². The van der Waals surface area contributed by atoms with Crippen molar-refractivity contribution in [3.63, 3.8) is 0 Å². The minimum atomic E-state index is -3.37. The van der Waals surface area contributed by atoms with Gasteiger partial charge in [0.2, 0.25) is 0 Å². The highest BCUT2D eigenvalue weighted by molar-refractivity contribution is 7.87. The molecule has 0 amide bonds. The van der Waals surface area contributed by atoms with Crippen LogP contribution in [0.3, 0.4) is 0 Å². The maximum Gasteiger partial charge on any atom is 0.280 e. The smallest absolute Gasteiger partial charge is 0.280 e. The van der Waals surface area contributed by atoms with Gasteiger partial charge in [-0.05, 0) is 17.9 Å². The van der Waals surface area contributed by atoms with Gasteiger partial charge in [0.1, 0.15) is 0 Å². The first-order valence-corrected chi connectivity index (χ1v) is 8.47. The minimum absolute atomic E-state index is 0.120. The number of hydrogen-bond acceptors (Lipinski definition) is 4. The summed E-state index contributed by atoms with van der Waals surface area (Å²) in [6.45, 7) is 4.50. The summed E-state index contributed by atoms with van der Waals surface area (Å²) < 4.78 is 28.8. The Bertz CT molecular complexity index is 453. The summed E-state index contributed by atoms with van der Waals surface area (Å²) in [6, 6.07) is 3.80. The topological polar surface area (TPSA) is 61.4 Å². The Hall–Kier alpha value is -0.470. The van der Waals surface area contributed by atoms with Crippen LogP contribution in [0, 0.1) is 0 Å².